The fourth-order valence-electron chi connectivity index (χ4n) is 3.29. The summed E-state index contributed by atoms with van der Waals surface area (Å²) in [6, 6.07) is 0.552. The maximum atomic E-state index is 10.2. The first-order chi connectivity index (χ1) is 9.26. The summed E-state index contributed by atoms with van der Waals surface area (Å²) >= 11 is 0. The van der Waals surface area contributed by atoms with Crippen molar-refractivity contribution in [1.82, 2.24) is 10.2 Å². The summed E-state index contributed by atoms with van der Waals surface area (Å²) in [4.78, 5) is 2.57. The lowest BCUT2D eigenvalue weighted by Gasteiger charge is -2.36. The first kappa shape index (κ1) is 17.9. The third kappa shape index (κ3) is 6.55. The monoisotopic (exact) mass is 284 g/mol. The lowest BCUT2D eigenvalue weighted by Crippen LogP contribution is -2.44. The van der Waals surface area contributed by atoms with E-state index in [4.69, 9.17) is 0 Å². The molecule has 1 rings (SSSR count). The largest absolute Gasteiger partial charge is 0.390 e. The summed E-state index contributed by atoms with van der Waals surface area (Å²) in [6.07, 6.45) is 5.47. The third-order valence-electron chi connectivity index (χ3n) is 4.55. The summed E-state index contributed by atoms with van der Waals surface area (Å²) in [6.45, 7) is 15.5. The molecule has 0 saturated carbocycles. The van der Waals surface area contributed by atoms with Gasteiger partial charge in [0.2, 0.25) is 0 Å². The van der Waals surface area contributed by atoms with Gasteiger partial charge >= 0.3 is 0 Å². The molecule has 1 heterocycles. The van der Waals surface area contributed by atoms with Crippen molar-refractivity contribution in [3.05, 3.63) is 0 Å². The lowest BCUT2D eigenvalue weighted by atomic mass is 9.84. The molecule has 1 aliphatic heterocycles. The summed E-state index contributed by atoms with van der Waals surface area (Å²) in [5.74, 6) is 0. The molecule has 1 fully saturated rings. The fourth-order valence-corrected chi connectivity index (χ4v) is 3.29. The molecule has 2 atom stereocenters. The third-order valence-corrected chi connectivity index (χ3v) is 4.55. The molecule has 3 heteroatoms. The van der Waals surface area contributed by atoms with Crippen molar-refractivity contribution in [2.45, 2.75) is 78.4 Å². The van der Waals surface area contributed by atoms with Gasteiger partial charge in [0.05, 0.1) is 5.60 Å². The van der Waals surface area contributed by atoms with E-state index in [1.54, 1.807) is 0 Å². The molecule has 0 aromatic heterocycles. The van der Waals surface area contributed by atoms with Crippen molar-refractivity contribution >= 4 is 0 Å². The molecule has 3 nitrogen and oxygen atoms in total. The smallest absolute Gasteiger partial charge is 0.0632 e. The van der Waals surface area contributed by atoms with Gasteiger partial charge in [-0.2, -0.15) is 0 Å². The van der Waals surface area contributed by atoms with E-state index < -0.39 is 5.60 Å². The van der Waals surface area contributed by atoms with Crippen LogP contribution in [0.1, 0.15) is 66.7 Å². The van der Waals surface area contributed by atoms with E-state index in [0.717, 1.165) is 45.4 Å². The topological polar surface area (TPSA) is 35.5 Å². The number of rotatable bonds is 7. The Morgan fingerprint density at radius 1 is 1.30 bits per heavy atom. The van der Waals surface area contributed by atoms with Gasteiger partial charge in [0, 0.05) is 25.7 Å². The highest BCUT2D eigenvalue weighted by Gasteiger charge is 2.30. The van der Waals surface area contributed by atoms with Crippen LogP contribution in [-0.2, 0) is 0 Å². The number of aliphatic hydroxyl groups is 1. The Morgan fingerprint density at radius 3 is 2.60 bits per heavy atom. The molecule has 0 radical (unpaired) electrons. The van der Waals surface area contributed by atoms with Gasteiger partial charge in [0.15, 0.2) is 0 Å². The molecular weight excluding hydrogens is 248 g/mol. The minimum Gasteiger partial charge on any atom is -0.390 e. The van der Waals surface area contributed by atoms with Crippen molar-refractivity contribution in [2.75, 3.05) is 26.2 Å². The zero-order valence-electron chi connectivity index (χ0n) is 14.3. The minimum atomic E-state index is -0.452. The Morgan fingerprint density at radius 2 is 2.00 bits per heavy atom. The summed E-state index contributed by atoms with van der Waals surface area (Å²) in [5.41, 5.74) is -0.110. The number of likely N-dealkylation sites (tertiary alicyclic amines) is 1. The van der Waals surface area contributed by atoms with Crippen molar-refractivity contribution in [3.8, 4) is 0 Å². The van der Waals surface area contributed by atoms with Gasteiger partial charge < -0.3 is 15.3 Å². The average Bonchev–Trinajstić information content (AvgIpc) is 2.49. The van der Waals surface area contributed by atoms with Crippen LogP contribution in [0.15, 0.2) is 0 Å². The Labute approximate surface area is 126 Å². The van der Waals surface area contributed by atoms with Crippen LogP contribution in [0.2, 0.25) is 0 Å². The summed E-state index contributed by atoms with van der Waals surface area (Å²) in [5, 5.41) is 13.8. The summed E-state index contributed by atoms with van der Waals surface area (Å²) in [7, 11) is 0. The van der Waals surface area contributed by atoms with Gasteiger partial charge in [-0.1, -0.05) is 34.1 Å². The van der Waals surface area contributed by atoms with E-state index in [2.05, 4.69) is 37.9 Å². The zero-order chi connectivity index (χ0) is 15.2. The van der Waals surface area contributed by atoms with Crippen LogP contribution in [0, 0.1) is 5.41 Å². The van der Waals surface area contributed by atoms with E-state index >= 15 is 0 Å². The van der Waals surface area contributed by atoms with Gasteiger partial charge in [0.25, 0.3) is 0 Å². The highest BCUT2D eigenvalue weighted by atomic mass is 16.3. The predicted molar refractivity (Wildman–Crippen MR) is 87.1 cm³/mol. The minimum absolute atomic E-state index is 0.342. The predicted octanol–water partition coefficient (Wildman–Crippen LogP) is 3.03. The van der Waals surface area contributed by atoms with E-state index in [-0.39, 0.29) is 0 Å². The van der Waals surface area contributed by atoms with Crippen LogP contribution in [0.25, 0.3) is 0 Å². The fraction of sp³-hybridized carbons (Fsp3) is 1.00. The Hall–Kier alpha value is -0.120. The second-order valence-electron chi connectivity index (χ2n) is 7.72. The molecule has 1 aliphatic rings. The van der Waals surface area contributed by atoms with Crippen molar-refractivity contribution in [2.24, 2.45) is 5.41 Å². The van der Waals surface area contributed by atoms with E-state index in [0.29, 0.717) is 11.5 Å². The Bertz CT molecular complexity index is 278. The van der Waals surface area contributed by atoms with Crippen LogP contribution in [0.5, 0.6) is 0 Å². The number of nitrogens with one attached hydrogen (secondary N) is 1. The first-order valence-electron chi connectivity index (χ1n) is 8.44. The standard InChI is InChI=1S/C17H36N2O/c1-6-8-16(4,13-18-15(2)3)14-19-11-7-9-17(5,20)10-12-19/h15,18,20H,6-14H2,1-5H3. The second-order valence-corrected chi connectivity index (χ2v) is 7.72. The molecule has 120 valence electrons. The maximum Gasteiger partial charge on any atom is 0.0632 e. The maximum absolute atomic E-state index is 10.2. The molecule has 0 aromatic carbocycles. The van der Waals surface area contributed by atoms with Crippen LogP contribution in [0.4, 0.5) is 0 Å². The molecule has 2 unspecified atom stereocenters. The van der Waals surface area contributed by atoms with E-state index in [1.807, 2.05) is 6.92 Å². The number of hydrogen-bond donors (Lipinski definition) is 2. The number of hydrogen-bond acceptors (Lipinski definition) is 3. The molecule has 1 saturated heterocycles. The van der Waals surface area contributed by atoms with Crippen LogP contribution in [-0.4, -0.2) is 47.8 Å². The first-order valence-corrected chi connectivity index (χ1v) is 8.44. The van der Waals surface area contributed by atoms with Crippen LogP contribution in [0.3, 0.4) is 0 Å². The Balaban J connectivity index is 2.55. The second kappa shape index (κ2) is 7.77. The van der Waals surface area contributed by atoms with Crippen LogP contribution < -0.4 is 5.32 Å². The van der Waals surface area contributed by atoms with Gasteiger partial charge in [-0.15, -0.1) is 0 Å². The lowest BCUT2D eigenvalue weighted by molar-refractivity contribution is 0.0427. The normalized spacial score (nSPS) is 28.4. The molecule has 2 N–H and O–H groups in total. The van der Waals surface area contributed by atoms with Crippen molar-refractivity contribution in [3.63, 3.8) is 0 Å². The van der Waals surface area contributed by atoms with E-state index in [1.165, 1.54) is 12.8 Å². The van der Waals surface area contributed by atoms with E-state index in [9.17, 15) is 5.11 Å². The van der Waals surface area contributed by atoms with Gasteiger partial charge in [-0.25, -0.2) is 0 Å². The van der Waals surface area contributed by atoms with Gasteiger partial charge in [0.1, 0.15) is 0 Å². The van der Waals surface area contributed by atoms with Gasteiger partial charge in [-0.05, 0) is 44.6 Å². The van der Waals surface area contributed by atoms with Crippen LogP contribution >= 0.6 is 0 Å². The molecule has 0 spiro atoms. The van der Waals surface area contributed by atoms with Crippen molar-refractivity contribution < 1.29 is 5.11 Å². The molecule has 0 aliphatic carbocycles. The molecule has 20 heavy (non-hydrogen) atoms. The molecule has 0 amide bonds. The molecule has 0 aromatic rings. The summed E-state index contributed by atoms with van der Waals surface area (Å²) < 4.78 is 0. The molecular formula is C17H36N2O. The van der Waals surface area contributed by atoms with Crippen molar-refractivity contribution in [1.29, 1.82) is 0 Å². The highest BCUT2D eigenvalue weighted by Crippen LogP contribution is 2.27. The highest BCUT2D eigenvalue weighted by molar-refractivity contribution is 4.85. The average molecular weight is 284 g/mol. The zero-order valence-corrected chi connectivity index (χ0v) is 14.3. The quantitative estimate of drug-likeness (QED) is 0.754. The number of nitrogens with zero attached hydrogens (tertiary/aromatic N) is 1. The Kier molecular flexibility index (Phi) is 6.96. The molecule has 0 bridgehead atoms. The van der Waals surface area contributed by atoms with Gasteiger partial charge in [-0.3, -0.25) is 0 Å². The SMILES string of the molecule is CCCC(C)(CNC(C)C)CN1CCCC(C)(O)CC1.